The van der Waals surface area contributed by atoms with E-state index in [0.717, 1.165) is 18.4 Å². The Morgan fingerprint density at radius 3 is 2.45 bits per heavy atom. The number of aliphatic carboxylic acids is 1. The molecule has 2 rings (SSSR count). The number of carboxylic acids is 1. The molecule has 1 heterocycles. The zero-order valence-corrected chi connectivity index (χ0v) is 11.8. The zero-order valence-electron chi connectivity index (χ0n) is 11.8. The second kappa shape index (κ2) is 5.52. The van der Waals surface area contributed by atoms with Crippen molar-refractivity contribution in [2.24, 2.45) is 5.92 Å². The summed E-state index contributed by atoms with van der Waals surface area (Å²) < 4.78 is 5.05. The van der Waals surface area contributed by atoms with E-state index in [1.165, 1.54) is 0 Å². The molecule has 2 amide bonds. The SMILES string of the molecule is Cc1noc(C)c1C(C)NC(=O)NC(C(=O)O)C1CC1. The summed E-state index contributed by atoms with van der Waals surface area (Å²) in [5.41, 5.74) is 1.53. The highest BCUT2D eigenvalue weighted by Gasteiger charge is 2.37. The van der Waals surface area contributed by atoms with Gasteiger partial charge in [-0.3, -0.25) is 0 Å². The highest BCUT2D eigenvalue weighted by Crippen LogP contribution is 2.32. The fourth-order valence-electron chi connectivity index (χ4n) is 2.37. The van der Waals surface area contributed by atoms with E-state index in [4.69, 9.17) is 9.63 Å². The van der Waals surface area contributed by atoms with Crippen LogP contribution in [0.3, 0.4) is 0 Å². The molecule has 7 heteroatoms. The number of carbonyl (C=O) groups is 2. The van der Waals surface area contributed by atoms with Crippen LogP contribution in [0.4, 0.5) is 4.79 Å². The summed E-state index contributed by atoms with van der Waals surface area (Å²) in [5.74, 6) is -0.299. The normalized spacial score (nSPS) is 17.4. The Balaban J connectivity index is 1.95. The molecule has 1 aromatic rings. The van der Waals surface area contributed by atoms with Gasteiger partial charge in [-0.25, -0.2) is 9.59 Å². The number of urea groups is 1. The van der Waals surface area contributed by atoms with E-state index in [1.54, 1.807) is 20.8 Å². The van der Waals surface area contributed by atoms with Crippen LogP contribution >= 0.6 is 0 Å². The largest absolute Gasteiger partial charge is 0.480 e. The summed E-state index contributed by atoms with van der Waals surface area (Å²) in [7, 11) is 0. The van der Waals surface area contributed by atoms with Crippen molar-refractivity contribution in [2.75, 3.05) is 0 Å². The van der Waals surface area contributed by atoms with Crippen LogP contribution in [0.1, 0.15) is 42.8 Å². The Morgan fingerprint density at radius 1 is 1.35 bits per heavy atom. The third kappa shape index (κ3) is 3.09. The van der Waals surface area contributed by atoms with Gasteiger partial charge in [0, 0.05) is 5.56 Å². The van der Waals surface area contributed by atoms with Gasteiger partial charge in [-0.05, 0) is 39.5 Å². The summed E-state index contributed by atoms with van der Waals surface area (Å²) in [6, 6.07) is -1.60. The number of aromatic nitrogens is 1. The second-order valence-corrected chi connectivity index (χ2v) is 5.23. The predicted molar refractivity (Wildman–Crippen MR) is 70.2 cm³/mol. The fraction of sp³-hybridized carbons (Fsp3) is 0.615. The molecule has 0 radical (unpaired) electrons. The lowest BCUT2D eigenvalue weighted by molar-refractivity contribution is -0.139. The van der Waals surface area contributed by atoms with E-state index in [2.05, 4.69) is 15.8 Å². The number of aryl methyl sites for hydroxylation is 2. The summed E-state index contributed by atoms with van der Waals surface area (Å²) in [4.78, 5) is 23.0. The van der Waals surface area contributed by atoms with Crippen molar-refractivity contribution < 1.29 is 19.2 Å². The maximum atomic E-state index is 11.9. The Morgan fingerprint density at radius 2 is 2.00 bits per heavy atom. The number of hydrogen-bond donors (Lipinski definition) is 3. The Hall–Kier alpha value is -2.05. The lowest BCUT2D eigenvalue weighted by Crippen LogP contribution is -2.47. The van der Waals surface area contributed by atoms with E-state index in [1.807, 2.05) is 0 Å². The minimum absolute atomic E-state index is 0.0487. The van der Waals surface area contributed by atoms with Crippen LogP contribution in [-0.4, -0.2) is 28.3 Å². The molecule has 1 saturated carbocycles. The lowest BCUT2D eigenvalue weighted by Gasteiger charge is -2.18. The molecule has 1 fully saturated rings. The van der Waals surface area contributed by atoms with E-state index < -0.39 is 18.0 Å². The summed E-state index contributed by atoms with van der Waals surface area (Å²) in [5, 5.41) is 18.1. The van der Waals surface area contributed by atoms with Crippen LogP contribution in [-0.2, 0) is 4.79 Å². The molecular weight excluding hydrogens is 262 g/mol. The third-order valence-corrected chi connectivity index (χ3v) is 3.52. The predicted octanol–water partition coefficient (Wildman–Crippen LogP) is 1.51. The summed E-state index contributed by atoms with van der Waals surface area (Å²) in [6.07, 6.45) is 1.69. The number of carbonyl (C=O) groups excluding carboxylic acids is 1. The van der Waals surface area contributed by atoms with Crippen LogP contribution in [0.25, 0.3) is 0 Å². The molecule has 1 aliphatic carbocycles. The molecule has 0 aliphatic heterocycles. The molecule has 1 aliphatic rings. The average Bonchev–Trinajstić information content (AvgIpc) is 3.12. The van der Waals surface area contributed by atoms with Crippen molar-refractivity contribution in [3.8, 4) is 0 Å². The molecule has 0 bridgehead atoms. The first-order valence-corrected chi connectivity index (χ1v) is 6.62. The lowest BCUT2D eigenvalue weighted by atomic mass is 10.1. The van der Waals surface area contributed by atoms with Gasteiger partial charge in [0.1, 0.15) is 11.8 Å². The third-order valence-electron chi connectivity index (χ3n) is 3.52. The van der Waals surface area contributed by atoms with Gasteiger partial charge < -0.3 is 20.3 Å². The number of nitrogens with zero attached hydrogens (tertiary/aromatic N) is 1. The first-order chi connectivity index (χ1) is 9.40. The molecule has 1 aromatic heterocycles. The quantitative estimate of drug-likeness (QED) is 0.759. The zero-order chi connectivity index (χ0) is 14.9. The van der Waals surface area contributed by atoms with E-state index in [0.29, 0.717) is 11.5 Å². The molecule has 7 nitrogen and oxygen atoms in total. The molecule has 2 atom stereocenters. The molecule has 110 valence electrons. The smallest absolute Gasteiger partial charge is 0.326 e. The number of amides is 2. The first-order valence-electron chi connectivity index (χ1n) is 6.62. The van der Waals surface area contributed by atoms with Crippen molar-refractivity contribution >= 4 is 12.0 Å². The minimum atomic E-state index is -0.993. The molecule has 0 saturated heterocycles. The van der Waals surface area contributed by atoms with Crippen LogP contribution in [0.2, 0.25) is 0 Å². The summed E-state index contributed by atoms with van der Waals surface area (Å²) in [6.45, 7) is 5.38. The topological polar surface area (TPSA) is 104 Å². The van der Waals surface area contributed by atoms with E-state index in [9.17, 15) is 9.59 Å². The van der Waals surface area contributed by atoms with Gasteiger partial charge in [0.15, 0.2) is 0 Å². The summed E-state index contributed by atoms with van der Waals surface area (Å²) >= 11 is 0. The number of hydrogen-bond acceptors (Lipinski definition) is 4. The van der Waals surface area contributed by atoms with Crippen LogP contribution < -0.4 is 10.6 Å². The fourth-order valence-corrected chi connectivity index (χ4v) is 2.37. The van der Waals surface area contributed by atoms with Gasteiger partial charge >= 0.3 is 12.0 Å². The number of nitrogens with one attached hydrogen (secondary N) is 2. The van der Waals surface area contributed by atoms with Gasteiger partial charge in [0.05, 0.1) is 11.7 Å². The second-order valence-electron chi connectivity index (χ2n) is 5.23. The monoisotopic (exact) mass is 281 g/mol. The van der Waals surface area contributed by atoms with Crippen molar-refractivity contribution in [2.45, 2.75) is 45.7 Å². The molecule has 2 unspecified atom stereocenters. The molecule has 3 N–H and O–H groups in total. The molecular formula is C13H19N3O4. The van der Waals surface area contributed by atoms with Gasteiger partial charge in [-0.15, -0.1) is 0 Å². The molecule has 20 heavy (non-hydrogen) atoms. The van der Waals surface area contributed by atoms with E-state index >= 15 is 0 Å². The van der Waals surface area contributed by atoms with Gasteiger partial charge in [0.2, 0.25) is 0 Å². The van der Waals surface area contributed by atoms with Gasteiger partial charge in [-0.1, -0.05) is 5.16 Å². The molecule has 0 spiro atoms. The van der Waals surface area contributed by atoms with Crippen molar-refractivity contribution in [3.05, 3.63) is 17.0 Å². The van der Waals surface area contributed by atoms with Crippen molar-refractivity contribution in [1.29, 1.82) is 0 Å². The number of rotatable bonds is 5. The van der Waals surface area contributed by atoms with Gasteiger partial charge in [0.25, 0.3) is 0 Å². The molecule has 0 aromatic carbocycles. The highest BCUT2D eigenvalue weighted by atomic mass is 16.5. The van der Waals surface area contributed by atoms with Crippen LogP contribution in [0.15, 0.2) is 4.52 Å². The number of carboxylic acid groups (broad SMARTS) is 1. The first kappa shape index (κ1) is 14.4. The van der Waals surface area contributed by atoms with Crippen molar-refractivity contribution in [1.82, 2.24) is 15.8 Å². The van der Waals surface area contributed by atoms with Crippen molar-refractivity contribution in [3.63, 3.8) is 0 Å². The Labute approximate surface area is 116 Å². The van der Waals surface area contributed by atoms with E-state index in [-0.39, 0.29) is 12.0 Å². The highest BCUT2D eigenvalue weighted by molar-refractivity contribution is 5.83. The average molecular weight is 281 g/mol. The maximum Gasteiger partial charge on any atom is 0.326 e. The van der Waals surface area contributed by atoms with Crippen LogP contribution in [0.5, 0.6) is 0 Å². The minimum Gasteiger partial charge on any atom is -0.480 e. The van der Waals surface area contributed by atoms with Crippen LogP contribution in [0, 0.1) is 19.8 Å². The van der Waals surface area contributed by atoms with Gasteiger partial charge in [-0.2, -0.15) is 0 Å². The Kier molecular flexibility index (Phi) is 3.96. The Bertz CT molecular complexity index is 502. The standard InChI is InChI=1S/C13H19N3O4/c1-6(10-7(2)16-20-8(10)3)14-13(19)15-11(12(17)18)9-4-5-9/h6,9,11H,4-5H2,1-3H3,(H,17,18)(H2,14,15,19). The maximum absolute atomic E-state index is 11.9.